The van der Waals surface area contributed by atoms with Crippen LogP contribution in [0.3, 0.4) is 0 Å². The summed E-state index contributed by atoms with van der Waals surface area (Å²) in [5.41, 5.74) is 0.565. The van der Waals surface area contributed by atoms with Crippen LogP contribution < -0.4 is 0 Å². The van der Waals surface area contributed by atoms with Gasteiger partial charge in [0.15, 0.2) is 0 Å². The fourth-order valence-corrected chi connectivity index (χ4v) is 8.89. The van der Waals surface area contributed by atoms with E-state index in [4.69, 9.17) is 14.2 Å². The molecular weight excluding hydrogens is 601 g/mol. The molecule has 0 fully saturated rings. The molecule has 0 aliphatic heterocycles. The van der Waals surface area contributed by atoms with E-state index in [1.54, 1.807) is 0 Å². The highest BCUT2D eigenvalue weighted by atomic mass is 16.7. The average molecular weight is 695 g/mol. The third-order valence-corrected chi connectivity index (χ3v) is 12.0. The van der Waals surface area contributed by atoms with Crippen LogP contribution in [0.15, 0.2) is 0 Å². The van der Waals surface area contributed by atoms with Gasteiger partial charge in [0.1, 0.15) is 13.6 Å². The van der Waals surface area contributed by atoms with Crippen LogP contribution in [0.5, 0.6) is 0 Å². The second-order valence-electron chi connectivity index (χ2n) is 16.2. The lowest BCUT2D eigenvalue weighted by molar-refractivity contribution is -0.201. The number of hydrogen-bond donors (Lipinski definition) is 0. The van der Waals surface area contributed by atoms with Crippen molar-refractivity contribution in [2.75, 3.05) is 13.6 Å². The molecule has 0 saturated heterocycles. The van der Waals surface area contributed by atoms with Crippen molar-refractivity contribution in [1.82, 2.24) is 0 Å². The molecule has 0 amide bonds. The molecule has 0 bridgehead atoms. The zero-order chi connectivity index (χ0) is 36.3. The highest BCUT2D eigenvalue weighted by Gasteiger charge is 2.39. The van der Waals surface area contributed by atoms with E-state index in [1.165, 1.54) is 193 Å². The number of unbranched alkanes of at least 4 members (excludes halogenated alkanes) is 18. The van der Waals surface area contributed by atoms with Gasteiger partial charge in [-0.1, -0.05) is 209 Å². The van der Waals surface area contributed by atoms with Gasteiger partial charge in [-0.2, -0.15) is 0 Å². The average Bonchev–Trinajstić information content (AvgIpc) is 3.12. The van der Waals surface area contributed by atoms with Crippen molar-refractivity contribution in [2.24, 2.45) is 10.8 Å². The van der Waals surface area contributed by atoms with Gasteiger partial charge >= 0.3 is 0 Å². The minimum atomic E-state index is 0.272. The van der Waals surface area contributed by atoms with E-state index in [1.807, 2.05) is 0 Å². The first-order valence-electron chi connectivity index (χ1n) is 22.8. The van der Waals surface area contributed by atoms with Gasteiger partial charge in [0, 0.05) is 0 Å². The van der Waals surface area contributed by atoms with Crippen LogP contribution in [-0.4, -0.2) is 25.8 Å². The Labute approximate surface area is 311 Å². The molecule has 49 heavy (non-hydrogen) atoms. The number of rotatable bonds is 40. The summed E-state index contributed by atoms with van der Waals surface area (Å²) in [6.45, 7) is 19.4. The highest BCUT2D eigenvalue weighted by molar-refractivity contribution is 4.89. The first-order chi connectivity index (χ1) is 24.0. The van der Waals surface area contributed by atoms with Crippen LogP contribution in [-0.2, 0) is 14.2 Å². The summed E-state index contributed by atoms with van der Waals surface area (Å²) < 4.78 is 19.9. The molecule has 0 N–H and O–H groups in total. The van der Waals surface area contributed by atoms with Crippen LogP contribution in [0.25, 0.3) is 0 Å². The Morgan fingerprint density at radius 3 is 0.714 bits per heavy atom. The Kier molecular flexibility index (Phi) is 34.9. The number of hydrogen-bond acceptors (Lipinski definition) is 3. The summed E-state index contributed by atoms with van der Waals surface area (Å²) in [5.74, 6) is 0. The van der Waals surface area contributed by atoms with E-state index < -0.39 is 0 Å². The molecule has 0 heterocycles. The molecule has 0 spiro atoms. The van der Waals surface area contributed by atoms with Crippen LogP contribution in [0.4, 0.5) is 0 Å². The highest BCUT2D eigenvalue weighted by Crippen LogP contribution is 2.45. The zero-order valence-electron chi connectivity index (χ0n) is 35.4. The van der Waals surface area contributed by atoms with E-state index >= 15 is 0 Å². The molecule has 0 rings (SSSR count). The van der Waals surface area contributed by atoms with Crippen LogP contribution in [0, 0.1) is 10.8 Å². The smallest absolute Gasteiger partial charge is 0.149 e. The predicted octanol–water partition coefficient (Wildman–Crippen LogP) is 16.3. The normalized spacial score (nSPS) is 13.7. The molecule has 0 saturated carbocycles. The van der Waals surface area contributed by atoms with Gasteiger partial charge < -0.3 is 14.2 Å². The van der Waals surface area contributed by atoms with Gasteiger partial charge in [-0.05, 0) is 62.2 Å². The Hall–Kier alpha value is -0.120. The Balaban J connectivity index is 5.72. The third-order valence-electron chi connectivity index (χ3n) is 12.0. The molecule has 0 aromatic heterocycles. The maximum atomic E-state index is 6.80. The molecule has 0 aromatic rings. The van der Waals surface area contributed by atoms with Crippen LogP contribution >= 0.6 is 0 Å². The summed E-state index contributed by atoms with van der Waals surface area (Å²) >= 11 is 0. The Bertz CT molecular complexity index is 532. The maximum Gasteiger partial charge on any atom is 0.149 e. The molecule has 0 aliphatic carbocycles. The summed E-state index contributed by atoms with van der Waals surface area (Å²) in [7, 11) is 0. The van der Waals surface area contributed by atoms with Crippen LogP contribution in [0.1, 0.15) is 261 Å². The van der Waals surface area contributed by atoms with E-state index in [2.05, 4.69) is 55.4 Å². The minimum absolute atomic E-state index is 0.272. The lowest BCUT2D eigenvalue weighted by Crippen LogP contribution is -2.39. The van der Waals surface area contributed by atoms with E-state index in [-0.39, 0.29) is 23.0 Å². The summed E-state index contributed by atoms with van der Waals surface area (Å²) in [6, 6.07) is 0. The molecule has 0 aliphatic rings. The minimum Gasteiger partial charge on any atom is -0.352 e. The predicted molar refractivity (Wildman–Crippen MR) is 219 cm³/mol. The van der Waals surface area contributed by atoms with Crippen molar-refractivity contribution >= 4 is 0 Å². The molecule has 3 nitrogen and oxygen atoms in total. The Morgan fingerprint density at radius 1 is 0.306 bits per heavy atom. The monoisotopic (exact) mass is 695 g/mol. The fourth-order valence-electron chi connectivity index (χ4n) is 8.89. The van der Waals surface area contributed by atoms with Crippen molar-refractivity contribution < 1.29 is 14.2 Å². The van der Waals surface area contributed by atoms with E-state index in [9.17, 15) is 0 Å². The van der Waals surface area contributed by atoms with E-state index in [0.717, 1.165) is 12.8 Å². The summed E-state index contributed by atoms with van der Waals surface area (Å²) in [6.07, 6.45) is 42.8. The Morgan fingerprint density at radius 2 is 0.531 bits per heavy atom. The van der Waals surface area contributed by atoms with Crippen molar-refractivity contribution in [3.05, 3.63) is 0 Å². The first kappa shape index (κ1) is 48.9. The molecular formula is C46H94O3. The van der Waals surface area contributed by atoms with Gasteiger partial charge in [-0.3, -0.25) is 0 Å². The second kappa shape index (κ2) is 34.9. The van der Waals surface area contributed by atoms with Gasteiger partial charge in [0.25, 0.3) is 0 Å². The van der Waals surface area contributed by atoms with Crippen molar-refractivity contribution in [1.29, 1.82) is 0 Å². The van der Waals surface area contributed by atoms with Gasteiger partial charge in [-0.15, -0.1) is 0 Å². The largest absolute Gasteiger partial charge is 0.352 e. The van der Waals surface area contributed by atoms with Gasteiger partial charge in [-0.25, -0.2) is 0 Å². The van der Waals surface area contributed by atoms with Gasteiger partial charge in [0.2, 0.25) is 0 Å². The lowest BCUT2D eigenvalue weighted by Gasteiger charge is -2.42. The molecule has 3 heteroatoms. The second-order valence-corrected chi connectivity index (χ2v) is 16.2. The quantitative estimate of drug-likeness (QED) is 0.0472. The number of ether oxygens (including phenoxy) is 3. The van der Waals surface area contributed by atoms with Crippen molar-refractivity contribution in [3.63, 3.8) is 0 Å². The molecule has 296 valence electrons. The molecule has 0 radical (unpaired) electrons. The third kappa shape index (κ3) is 23.2. The van der Waals surface area contributed by atoms with E-state index in [0.29, 0.717) is 13.6 Å². The van der Waals surface area contributed by atoms with Crippen molar-refractivity contribution in [2.45, 2.75) is 273 Å². The molecule has 2 atom stereocenters. The maximum absolute atomic E-state index is 6.80. The zero-order valence-corrected chi connectivity index (χ0v) is 35.4. The summed E-state index contributed by atoms with van der Waals surface area (Å²) in [4.78, 5) is 0. The molecule has 2 unspecified atom stereocenters. The molecule has 0 aromatic carbocycles. The van der Waals surface area contributed by atoms with Crippen molar-refractivity contribution in [3.8, 4) is 0 Å². The fraction of sp³-hybridized carbons (Fsp3) is 1.00. The van der Waals surface area contributed by atoms with Crippen LogP contribution in [0.2, 0.25) is 0 Å². The lowest BCUT2D eigenvalue weighted by atomic mass is 9.69. The first-order valence-corrected chi connectivity index (χ1v) is 22.8. The standard InChI is InChI=1S/C46H94O3/c1-9-17-23-29-35-45(36-30-24-18-10-2,37-31-25-19-11-3)43(15-7)48-41-47-42-49-44(16-8)46(38-32-26-20-12-4,39-33-27-21-13-5)40-34-28-22-14-6/h43-44H,9-42H2,1-8H3. The summed E-state index contributed by atoms with van der Waals surface area (Å²) in [5, 5.41) is 0. The SMILES string of the molecule is CCCCCCC(CCCCCC)(CCCCCC)C(CC)OCOCOC(CC)C(CCCCCC)(CCCCCC)CCCCCC. The topological polar surface area (TPSA) is 27.7 Å². The van der Waals surface area contributed by atoms with Gasteiger partial charge in [0.05, 0.1) is 12.2 Å².